The fourth-order valence-corrected chi connectivity index (χ4v) is 5.99. The summed E-state index contributed by atoms with van der Waals surface area (Å²) in [5.74, 6) is -0.533. The molecule has 0 amide bonds. The number of H-pyrrole nitrogens is 1. The lowest BCUT2D eigenvalue weighted by atomic mass is 10.1. The molecule has 1 N–H and O–H groups in total. The Morgan fingerprint density at radius 2 is 1.00 bits per heavy atom. The summed E-state index contributed by atoms with van der Waals surface area (Å²) in [7, 11) is 0. The minimum Gasteiger partial charge on any atom is -0.545 e. The molecule has 0 saturated heterocycles. The fraction of sp³-hybridized carbons (Fsp3) is 0. The van der Waals surface area contributed by atoms with Crippen molar-refractivity contribution >= 4 is 29.5 Å². The van der Waals surface area contributed by atoms with Crippen molar-refractivity contribution in [1.82, 2.24) is 9.97 Å². The first-order valence-corrected chi connectivity index (χ1v) is 14.3. The highest BCUT2D eigenvalue weighted by Crippen LogP contribution is 2.36. The molecule has 0 aliphatic carbocycles. The number of carbonyl (C=O) groups is 1. The summed E-state index contributed by atoms with van der Waals surface area (Å²) < 4.78 is 0. The predicted molar refractivity (Wildman–Crippen MR) is 160 cm³/mol. The average molecular weight is 556 g/mol. The molecule has 0 aliphatic rings. The molecule has 6 heteroatoms. The van der Waals surface area contributed by atoms with E-state index in [9.17, 15) is 9.90 Å². The smallest absolute Gasteiger partial charge is 0.138 e. The Labute approximate surface area is 241 Å². The van der Waals surface area contributed by atoms with Gasteiger partial charge in [0.1, 0.15) is 5.82 Å². The first-order valence-electron chi connectivity index (χ1n) is 12.7. The summed E-state index contributed by atoms with van der Waals surface area (Å²) in [6.07, 6.45) is 0. The summed E-state index contributed by atoms with van der Waals surface area (Å²) >= 11 is 3.44. The van der Waals surface area contributed by atoms with E-state index in [2.05, 4.69) is 77.8 Å². The van der Waals surface area contributed by atoms with Crippen molar-refractivity contribution in [2.45, 2.75) is 19.6 Å². The van der Waals surface area contributed by atoms with E-state index in [-0.39, 0.29) is 5.56 Å². The van der Waals surface area contributed by atoms with E-state index in [4.69, 9.17) is 4.98 Å². The van der Waals surface area contributed by atoms with Crippen LogP contribution in [0.2, 0.25) is 0 Å². The van der Waals surface area contributed by atoms with Gasteiger partial charge < -0.3 is 14.9 Å². The lowest BCUT2D eigenvalue weighted by molar-refractivity contribution is -0.255. The number of hydrogen-bond donors (Lipinski definition) is 1. The first kappa shape index (κ1) is 25.7. The van der Waals surface area contributed by atoms with Crippen LogP contribution in [0.15, 0.2) is 153 Å². The summed E-state index contributed by atoms with van der Waals surface area (Å²) in [6, 6.07) is 44.0. The number of hydrogen-bond acceptors (Lipinski definition) is 5. The van der Waals surface area contributed by atoms with E-state index >= 15 is 0 Å². The largest absolute Gasteiger partial charge is 0.545 e. The maximum atomic E-state index is 11.2. The number of aromatic carboxylic acids is 1. The Kier molecular flexibility index (Phi) is 7.53. The highest BCUT2D eigenvalue weighted by atomic mass is 32.2. The zero-order valence-corrected chi connectivity index (χ0v) is 22.9. The van der Waals surface area contributed by atoms with Crippen molar-refractivity contribution in [2.75, 3.05) is 0 Å². The highest BCUT2D eigenvalue weighted by molar-refractivity contribution is 7.99. The fourth-order valence-electron chi connectivity index (χ4n) is 4.31. The molecule has 0 spiro atoms. The van der Waals surface area contributed by atoms with Gasteiger partial charge in [0.2, 0.25) is 0 Å². The van der Waals surface area contributed by atoms with Crippen LogP contribution in [0.1, 0.15) is 10.4 Å². The molecule has 0 atom stereocenters. The summed E-state index contributed by atoms with van der Waals surface area (Å²) in [4.78, 5) is 24.4. The quantitative estimate of drug-likeness (QED) is 0.206. The van der Waals surface area contributed by atoms with Crippen molar-refractivity contribution in [3.63, 3.8) is 0 Å². The monoisotopic (exact) mass is 555 g/mol. The maximum Gasteiger partial charge on any atom is 0.138 e. The first-order chi connectivity index (χ1) is 19.6. The molecule has 1 heterocycles. The van der Waals surface area contributed by atoms with Crippen molar-refractivity contribution in [1.29, 1.82) is 0 Å². The van der Waals surface area contributed by atoms with Crippen LogP contribution in [0.4, 0.5) is 0 Å². The number of aromatic amines is 1. The Morgan fingerprint density at radius 1 is 0.550 bits per heavy atom. The number of carboxylic acids is 1. The molecule has 5 aromatic carbocycles. The van der Waals surface area contributed by atoms with Crippen molar-refractivity contribution in [3.8, 4) is 33.9 Å². The number of rotatable bonds is 8. The number of benzene rings is 5. The van der Waals surface area contributed by atoms with Crippen LogP contribution in [0.3, 0.4) is 0 Å². The van der Waals surface area contributed by atoms with Gasteiger partial charge in [0.05, 0.1) is 17.4 Å². The van der Waals surface area contributed by atoms with Gasteiger partial charge in [-0.2, -0.15) is 0 Å². The topological polar surface area (TPSA) is 68.8 Å². The van der Waals surface area contributed by atoms with Gasteiger partial charge in [0.15, 0.2) is 0 Å². The third kappa shape index (κ3) is 5.88. The second kappa shape index (κ2) is 11.7. The summed E-state index contributed by atoms with van der Waals surface area (Å²) in [6.45, 7) is 0. The average Bonchev–Trinajstić information content (AvgIpc) is 3.45. The molecule has 1 aromatic heterocycles. The summed E-state index contributed by atoms with van der Waals surface area (Å²) in [5, 5.41) is 11.2. The van der Waals surface area contributed by atoms with Crippen LogP contribution in [0.5, 0.6) is 0 Å². The molecule has 6 aromatic rings. The second-order valence-corrected chi connectivity index (χ2v) is 11.3. The number of nitrogens with zero attached hydrogens (tertiary/aromatic N) is 1. The Bertz CT molecular complexity index is 1630. The van der Waals surface area contributed by atoms with Gasteiger partial charge in [0.25, 0.3) is 0 Å². The number of imidazole rings is 1. The molecule has 0 aliphatic heterocycles. The minimum absolute atomic E-state index is 0.133. The Hall–Kier alpha value is -4.52. The maximum absolute atomic E-state index is 11.2. The normalized spacial score (nSPS) is 10.9. The van der Waals surface area contributed by atoms with Gasteiger partial charge in [-0.1, -0.05) is 108 Å². The molecule has 0 fully saturated rings. The van der Waals surface area contributed by atoms with Gasteiger partial charge in [-0.25, -0.2) is 4.98 Å². The summed E-state index contributed by atoms with van der Waals surface area (Å²) in [5.41, 5.74) is 4.67. The van der Waals surface area contributed by atoms with E-state index < -0.39 is 5.97 Å². The van der Waals surface area contributed by atoms with Crippen LogP contribution in [-0.4, -0.2) is 15.9 Å². The van der Waals surface area contributed by atoms with Crippen LogP contribution >= 0.6 is 23.5 Å². The van der Waals surface area contributed by atoms with Crippen LogP contribution in [0, 0.1) is 0 Å². The predicted octanol–water partition coefficient (Wildman–Crippen LogP) is 8.08. The second-order valence-electron chi connectivity index (χ2n) is 9.05. The molecular weight excluding hydrogens is 533 g/mol. The highest BCUT2D eigenvalue weighted by Gasteiger charge is 2.16. The Morgan fingerprint density at radius 3 is 1.50 bits per heavy atom. The number of nitrogens with one attached hydrogen (secondary N) is 1. The zero-order chi connectivity index (χ0) is 27.3. The van der Waals surface area contributed by atoms with Gasteiger partial charge in [-0.15, -0.1) is 0 Å². The lowest BCUT2D eigenvalue weighted by Crippen LogP contribution is -2.21. The van der Waals surface area contributed by atoms with E-state index in [1.165, 1.54) is 21.9 Å². The SMILES string of the molecule is O=C([O-])c1ccc(-c2nc(-c3ccc(Sc4ccccc4)cc3)c(-c3ccc(Sc4ccccc4)cc3)[nH]2)cc1. The van der Waals surface area contributed by atoms with Gasteiger partial charge in [-0.3, -0.25) is 0 Å². The molecule has 6 rings (SSSR count). The van der Waals surface area contributed by atoms with Gasteiger partial charge in [0, 0.05) is 36.3 Å². The molecule has 0 saturated carbocycles. The Balaban J connectivity index is 1.34. The number of carboxylic acid groups (broad SMARTS) is 1. The molecule has 194 valence electrons. The number of carbonyl (C=O) groups excluding carboxylic acids is 1. The standard InChI is InChI=1S/C34H24N2O2S2/c37-34(38)26-13-11-25(12-14-26)33-35-31(23-15-19-29(20-16-23)39-27-7-3-1-4-8-27)32(36-33)24-17-21-30(22-18-24)40-28-9-5-2-6-10-28/h1-22H,(H,35,36)(H,37,38)/p-1. The third-order valence-electron chi connectivity index (χ3n) is 6.33. The lowest BCUT2D eigenvalue weighted by Gasteiger charge is -2.07. The molecule has 4 nitrogen and oxygen atoms in total. The van der Waals surface area contributed by atoms with Crippen LogP contribution in [-0.2, 0) is 0 Å². The molecular formula is C34H23N2O2S2-. The third-order valence-corrected chi connectivity index (χ3v) is 8.36. The van der Waals surface area contributed by atoms with E-state index in [1.54, 1.807) is 35.7 Å². The van der Waals surface area contributed by atoms with E-state index in [1.807, 2.05) is 36.4 Å². The van der Waals surface area contributed by atoms with Crippen LogP contribution in [0.25, 0.3) is 33.9 Å². The molecule has 0 unspecified atom stereocenters. The minimum atomic E-state index is -1.20. The van der Waals surface area contributed by atoms with E-state index in [0.29, 0.717) is 5.82 Å². The molecule has 0 radical (unpaired) electrons. The zero-order valence-electron chi connectivity index (χ0n) is 21.3. The van der Waals surface area contributed by atoms with Gasteiger partial charge in [-0.05, 0) is 54.1 Å². The van der Waals surface area contributed by atoms with Crippen LogP contribution < -0.4 is 5.11 Å². The molecule has 0 bridgehead atoms. The number of aromatic nitrogens is 2. The van der Waals surface area contributed by atoms with Crippen molar-refractivity contribution in [3.05, 3.63) is 139 Å². The van der Waals surface area contributed by atoms with E-state index in [0.717, 1.165) is 37.9 Å². The molecule has 40 heavy (non-hydrogen) atoms. The van der Waals surface area contributed by atoms with Crippen molar-refractivity contribution < 1.29 is 9.90 Å². The van der Waals surface area contributed by atoms with Gasteiger partial charge >= 0.3 is 0 Å². The van der Waals surface area contributed by atoms with Crippen molar-refractivity contribution in [2.24, 2.45) is 0 Å².